The zero-order chi connectivity index (χ0) is 30.2. The van der Waals surface area contributed by atoms with E-state index in [-0.39, 0.29) is 19.3 Å². The molecule has 10 heteroatoms. The fourth-order valence-corrected chi connectivity index (χ4v) is 5.71. The highest BCUT2D eigenvalue weighted by Gasteiger charge is 2.27. The number of nitrogens with zero attached hydrogens (tertiary/aromatic N) is 3. The Kier molecular flexibility index (Phi) is 9.96. The third-order valence-corrected chi connectivity index (χ3v) is 8.01. The highest BCUT2D eigenvalue weighted by Crippen LogP contribution is 2.34. The lowest BCUT2D eigenvalue weighted by Crippen LogP contribution is -2.47. The number of anilines is 3. The first kappa shape index (κ1) is 30.1. The van der Waals surface area contributed by atoms with Crippen LogP contribution in [0.25, 0.3) is 0 Å². The van der Waals surface area contributed by atoms with Crippen molar-refractivity contribution in [2.24, 2.45) is 0 Å². The number of hydrogen-bond acceptors (Lipinski definition) is 9. The molecule has 3 aromatic rings. The van der Waals surface area contributed by atoms with Gasteiger partial charge in [-0.2, -0.15) is 0 Å². The van der Waals surface area contributed by atoms with E-state index in [0.29, 0.717) is 11.7 Å². The smallest absolute Gasteiger partial charge is 0.408 e. The third kappa shape index (κ3) is 7.94. The first-order valence-corrected chi connectivity index (χ1v) is 15.2. The topological polar surface area (TPSA) is 118 Å². The highest BCUT2D eigenvalue weighted by atomic mass is 16.6. The van der Waals surface area contributed by atoms with Crippen LogP contribution in [0.5, 0.6) is 0 Å². The van der Waals surface area contributed by atoms with Crippen molar-refractivity contribution >= 4 is 29.4 Å². The molecular formula is C33H42N6O4. The van der Waals surface area contributed by atoms with Crippen molar-refractivity contribution in [1.82, 2.24) is 15.3 Å². The number of aromatic nitrogens is 2. The maximum atomic E-state index is 12.8. The number of ether oxygens (including phenoxy) is 2. The zero-order valence-electron chi connectivity index (χ0n) is 25.3. The second kappa shape index (κ2) is 14.2. The van der Waals surface area contributed by atoms with Gasteiger partial charge in [0.1, 0.15) is 30.6 Å². The Bertz CT molecular complexity index is 1390. The zero-order valence-corrected chi connectivity index (χ0v) is 25.3. The summed E-state index contributed by atoms with van der Waals surface area (Å²) in [7, 11) is 0. The predicted octanol–water partition coefficient (Wildman–Crippen LogP) is 5.19. The summed E-state index contributed by atoms with van der Waals surface area (Å²) in [5.41, 5.74) is 5.86. The van der Waals surface area contributed by atoms with Crippen LogP contribution >= 0.6 is 0 Å². The summed E-state index contributed by atoms with van der Waals surface area (Å²) in [4.78, 5) is 36.7. The standard InChI is InChI=1S/C33H42N6O4/c1-22(2)43-32(40)29(38-33(41)42-20-24-8-5-4-6-9-24)19-35-30-23(3)31(37-21-36-30)39-16-13-25(14-17-39)27-12-11-26-10-7-15-34-28(26)18-27/h4-6,8-9,11-12,18,21-22,25,29,34H,7,10,13-17,19-20H2,1-3H3,(H,38,41)(H,35,36,37)/t29-/m0/s1. The van der Waals surface area contributed by atoms with Crippen LogP contribution in [0.15, 0.2) is 54.9 Å². The van der Waals surface area contributed by atoms with Gasteiger partial charge in [0.25, 0.3) is 0 Å². The molecule has 228 valence electrons. The molecule has 0 aliphatic carbocycles. The Morgan fingerprint density at radius 2 is 1.88 bits per heavy atom. The van der Waals surface area contributed by atoms with Crippen LogP contribution in [-0.2, 0) is 27.3 Å². The number of hydrogen-bond donors (Lipinski definition) is 3. The Hall–Kier alpha value is -4.34. The average molecular weight is 587 g/mol. The van der Waals surface area contributed by atoms with Crippen LogP contribution < -0.4 is 20.9 Å². The lowest BCUT2D eigenvalue weighted by Gasteiger charge is -2.34. The molecule has 2 aliphatic rings. The van der Waals surface area contributed by atoms with Gasteiger partial charge in [-0.15, -0.1) is 0 Å². The molecule has 0 unspecified atom stereocenters. The minimum atomic E-state index is -0.967. The Morgan fingerprint density at radius 3 is 2.65 bits per heavy atom. The molecule has 3 heterocycles. The molecule has 43 heavy (non-hydrogen) atoms. The number of amides is 1. The van der Waals surface area contributed by atoms with Gasteiger partial charge in [0, 0.05) is 37.4 Å². The first-order chi connectivity index (χ1) is 20.9. The monoisotopic (exact) mass is 586 g/mol. The van der Waals surface area contributed by atoms with Gasteiger partial charge in [0.05, 0.1) is 6.10 Å². The van der Waals surface area contributed by atoms with E-state index in [1.54, 1.807) is 13.8 Å². The molecule has 1 saturated heterocycles. The summed E-state index contributed by atoms with van der Waals surface area (Å²) in [5, 5.41) is 9.43. The average Bonchev–Trinajstić information content (AvgIpc) is 3.02. The van der Waals surface area contributed by atoms with Crippen LogP contribution in [0.2, 0.25) is 0 Å². The number of benzene rings is 2. The van der Waals surface area contributed by atoms with Gasteiger partial charge in [-0.3, -0.25) is 0 Å². The van der Waals surface area contributed by atoms with Crippen molar-refractivity contribution in [3.8, 4) is 0 Å². The molecule has 2 aliphatic heterocycles. The number of esters is 1. The van der Waals surface area contributed by atoms with E-state index >= 15 is 0 Å². The normalized spacial score (nSPS) is 15.7. The molecule has 0 saturated carbocycles. The lowest BCUT2D eigenvalue weighted by molar-refractivity contribution is -0.149. The maximum Gasteiger partial charge on any atom is 0.408 e. The number of rotatable bonds is 10. The van der Waals surface area contributed by atoms with Crippen LogP contribution in [0.1, 0.15) is 61.3 Å². The van der Waals surface area contributed by atoms with Crippen LogP contribution in [-0.4, -0.2) is 60.4 Å². The molecule has 1 aromatic heterocycles. The number of carbonyl (C=O) groups excluding carboxylic acids is 2. The van der Waals surface area contributed by atoms with E-state index < -0.39 is 18.1 Å². The fraction of sp³-hybridized carbons (Fsp3) is 0.455. The van der Waals surface area contributed by atoms with Gasteiger partial charge >= 0.3 is 12.1 Å². The molecule has 5 rings (SSSR count). The minimum absolute atomic E-state index is 0.0811. The van der Waals surface area contributed by atoms with E-state index in [9.17, 15) is 9.59 Å². The molecule has 1 fully saturated rings. The fourth-order valence-electron chi connectivity index (χ4n) is 5.71. The second-order valence-electron chi connectivity index (χ2n) is 11.5. The molecule has 10 nitrogen and oxygen atoms in total. The molecule has 2 aromatic carbocycles. The molecule has 1 amide bonds. The van der Waals surface area contributed by atoms with E-state index in [1.807, 2.05) is 37.3 Å². The summed E-state index contributed by atoms with van der Waals surface area (Å²) < 4.78 is 10.7. The third-order valence-electron chi connectivity index (χ3n) is 8.01. The highest BCUT2D eigenvalue weighted by molar-refractivity contribution is 5.82. The molecule has 0 spiro atoms. The number of aryl methyl sites for hydroxylation is 1. The number of piperidine rings is 1. The van der Waals surface area contributed by atoms with Gasteiger partial charge in [0.2, 0.25) is 0 Å². The molecule has 3 N–H and O–H groups in total. The van der Waals surface area contributed by atoms with Crippen LogP contribution in [0.4, 0.5) is 22.1 Å². The van der Waals surface area contributed by atoms with Gasteiger partial charge in [0.15, 0.2) is 0 Å². The van der Waals surface area contributed by atoms with E-state index in [2.05, 4.69) is 49.0 Å². The summed E-state index contributed by atoms with van der Waals surface area (Å²) in [5.74, 6) is 1.45. The molecule has 0 bridgehead atoms. The Balaban J connectivity index is 1.19. The van der Waals surface area contributed by atoms with Gasteiger partial charge in [-0.25, -0.2) is 19.6 Å². The van der Waals surface area contributed by atoms with E-state index in [4.69, 9.17) is 9.47 Å². The minimum Gasteiger partial charge on any atom is -0.461 e. The number of fused-ring (bicyclic) bond motifs is 1. The SMILES string of the molecule is Cc1c(NC[C@H](NC(=O)OCc2ccccc2)C(=O)OC(C)C)ncnc1N1CCC(c2ccc3c(c2)NCCC3)CC1. The first-order valence-electron chi connectivity index (χ1n) is 15.2. The van der Waals surface area contributed by atoms with Crippen molar-refractivity contribution in [1.29, 1.82) is 0 Å². The van der Waals surface area contributed by atoms with Crippen molar-refractivity contribution < 1.29 is 19.1 Å². The lowest BCUT2D eigenvalue weighted by atomic mass is 9.87. The molecule has 1 atom stereocenters. The summed E-state index contributed by atoms with van der Waals surface area (Å²) in [6.07, 6.45) is 4.94. The van der Waals surface area contributed by atoms with Crippen molar-refractivity contribution in [3.63, 3.8) is 0 Å². The molecule has 0 radical (unpaired) electrons. The number of alkyl carbamates (subject to hydrolysis) is 1. The second-order valence-corrected chi connectivity index (χ2v) is 11.5. The van der Waals surface area contributed by atoms with Crippen molar-refractivity contribution in [2.45, 2.75) is 71.1 Å². The summed E-state index contributed by atoms with van der Waals surface area (Å²) in [6.45, 7) is 8.52. The van der Waals surface area contributed by atoms with Gasteiger partial charge in [-0.05, 0) is 75.1 Å². The Labute approximate surface area is 253 Å². The van der Waals surface area contributed by atoms with Crippen LogP contribution in [0.3, 0.4) is 0 Å². The largest absolute Gasteiger partial charge is 0.461 e. The molecular weight excluding hydrogens is 544 g/mol. The van der Waals surface area contributed by atoms with Crippen molar-refractivity contribution in [2.75, 3.05) is 41.7 Å². The summed E-state index contributed by atoms with van der Waals surface area (Å²) >= 11 is 0. The van der Waals surface area contributed by atoms with Crippen molar-refractivity contribution in [3.05, 3.63) is 77.1 Å². The predicted molar refractivity (Wildman–Crippen MR) is 167 cm³/mol. The van der Waals surface area contributed by atoms with E-state index in [0.717, 1.165) is 55.8 Å². The van der Waals surface area contributed by atoms with Gasteiger partial charge in [-0.1, -0.05) is 42.5 Å². The quantitative estimate of drug-likeness (QED) is 0.276. The number of carbonyl (C=O) groups is 2. The summed E-state index contributed by atoms with van der Waals surface area (Å²) in [6, 6.07) is 15.3. The number of nitrogens with one attached hydrogen (secondary N) is 3. The van der Waals surface area contributed by atoms with Gasteiger partial charge < -0.3 is 30.3 Å². The van der Waals surface area contributed by atoms with Crippen LogP contribution in [0, 0.1) is 6.92 Å². The maximum absolute atomic E-state index is 12.8. The van der Waals surface area contributed by atoms with E-state index in [1.165, 1.54) is 29.6 Å². The Morgan fingerprint density at radius 1 is 1.09 bits per heavy atom.